The van der Waals surface area contributed by atoms with Gasteiger partial charge in [-0.2, -0.15) is 0 Å². The van der Waals surface area contributed by atoms with E-state index in [-0.39, 0.29) is 40.9 Å². The standard InChI is InChI=1S/C31H49NO3S/c1-18(2)29(27-7-6-14-36-27)32-28(35)15-19(3)22-8-9-23-21-17-26(34)25-16-20(33)10-12-31(25,5)24(21)11-13-30(22,23)4/h6-7,14,18-26,29,33-34H,8-13,15-17H2,1-5H3,(H,32,35)/t19-,20-,21?,22?,23+,24+,25?,26+,29?,30?,31?/m1/s1. The van der Waals surface area contributed by atoms with Gasteiger partial charge in [-0.15, -0.1) is 11.3 Å². The number of fused-ring (bicyclic) bond motifs is 5. The monoisotopic (exact) mass is 515 g/mol. The summed E-state index contributed by atoms with van der Waals surface area (Å²) in [5.41, 5.74) is 0.434. The first-order chi connectivity index (χ1) is 17.0. The summed E-state index contributed by atoms with van der Waals surface area (Å²) in [6.45, 7) is 11.6. The number of carbonyl (C=O) groups excluding carboxylic acids is 1. The molecule has 0 spiro atoms. The van der Waals surface area contributed by atoms with Gasteiger partial charge in [0, 0.05) is 11.3 Å². The third-order valence-corrected chi connectivity index (χ3v) is 12.7. The van der Waals surface area contributed by atoms with Crippen LogP contribution in [-0.4, -0.2) is 28.3 Å². The van der Waals surface area contributed by atoms with Crippen LogP contribution in [0.15, 0.2) is 17.5 Å². The van der Waals surface area contributed by atoms with Crippen LogP contribution in [0.25, 0.3) is 0 Å². The van der Waals surface area contributed by atoms with E-state index in [1.54, 1.807) is 11.3 Å². The Morgan fingerprint density at radius 3 is 2.44 bits per heavy atom. The molecule has 3 N–H and O–H groups in total. The van der Waals surface area contributed by atoms with E-state index in [1.807, 2.05) is 0 Å². The van der Waals surface area contributed by atoms with Crippen molar-refractivity contribution in [1.29, 1.82) is 0 Å². The van der Waals surface area contributed by atoms with Gasteiger partial charge < -0.3 is 15.5 Å². The van der Waals surface area contributed by atoms with Gasteiger partial charge in [-0.1, -0.05) is 40.7 Å². The van der Waals surface area contributed by atoms with Crippen molar-refractivity contribution in [2.45, 2.75) is 111 Å². The fourth-order valence-electron chi connectivity index (χ4n) is 9.96. The van der Waals surface area contributed by atoms with E-state index in [1.165, 1.54) is 30.6 Å². The lowest BCUT2D eigenvalue weighted by molar-refractivity contribution is -0.172. The fraction of sp³-hybridized carbons (Fsp3) is 0.839. The van der Waals surface area contributed by atoms with Gasteiger partial charge in [0.1, 0.15) is 0 Å². The summed E-state index contributed by atoms with van der Waals surface area (Å²) in [6.07, 6.45) is 8.69. The zero-order valence-corrected chi connectivity index (χ0v) is 23.9. The van der Waals surface area contributed by atoms with Crippen molar-refractivity contribution in [2.24, 2.45) is 52.3 Å². The number of nitrogens with one attached hydrogen (secondary N) is 1. The normalized spacial score (nSPS) is 43.8. The summed E-state index contributed by atoms with van der Waals surface area (Å²) >= 11 is 1.73. The van der Waals surface area contributed by atoms with Crippen molar-refractivity contribution in [1.82, 2.24) is 5.32 Å². The largest absolute Gasteiger partial charge is 0.393 e. The molecule has 4 saturated carbocycles. The van der Waals surface area contributed by atoms with Crippen LogP contribution < -0.4 is 5.32 Å². The Labute approximate surface area is 222 Å². The molecule has 5 rings (SSSR count). The molecule has 4 nitrogen and oxygen atoms in total. The zero-order chi connectivity index (χ0) is 25.8. The van der Waals surface area contributed by atoms with Gasteiger partial charge in [-0.05, 0) is 115 Å². The number of amides is 1. The topological polar surface area (TPSA) is 69.6 Å². The van der Waals surface area contributed by atoms with Gasteiger partial charge in [0.25, 0.3) is 0 Å². The van der Waals surface area contributed by atoms with Crippen molar-refractivity contribution < 1.29 is 15.0 Å². The van der Waals surface area contributed by atoms with Crippen LogP contribution in [0.5, 0.6) is 0 Å². The highest BCUT2D eigenvalue weighted by Gasteiger charge is 2.62. The lowest BCUT2D eigenvalue weighted by Crippen LogP contribution is -2.58. The number of aliphatic hydroxyl groups excluding tert-OH is 2. The van der Waals surface area contributed by atoms with Gasteiger partial charge in [0.2, 0.25) is 5.91 Å². The molecular formula is C31H49NO3S. The second-order valence-electron chi connectivity index (χ2n) is 13.9. The fourth-order valence-corrected chi connectivity index (χ4v) is 10.9. The van der Waals surface area contributed by atoms with Gasteiger partial charge in [0.05, 0.1) is 18.2 Å². The quantitative estimate of drug-likeness (QED) is 0.401. The summed E-state index contributed by atoms with van der Waals surface area (Å²) in [6, 6.07) is 4.30. The Balaban J connectivity index is 1.27. The molecule has 0 aromatic carbocycles. The minimum atomic E-state index is -0.277. The van der Waals surface area contributed by atoms with E-state index in [0.29, 0.717) is 41.9 Å². The van der Waals surface area contributed by atoms with Crippen LogP contribution in [0.4, 0.5) is 0 Å². The second kappa shape index (κ2) is 10.0. The minimum absolute atomic E-state index is 0.0958. The number of thiophene rings is 1. The van der Waals surface area contributed by atoms with Crippen LogP contribution in [0.2, 0.25) is 0 Å². The third-order valence-electron chi connectivity index (χ3n) is 11.8. The number of aliphatic hydroxyl groups is 2. The van der Waals surface area contributed by atoms with E-state index >= 15 is 0 Å². The summed E-state index contributed by atoms with van der Waals surface area (Å²) in [7, 11) is 0. The number of hydrogen-bond acceptors (Lipinski definition) is 4. The third kappa shape index (κ3) is 4.49. The van der Waals surface area contributed by atoms with E-state index < -0.39 is 0 Å². The predicted molar refractivity (Wildman–Crippen MR) is 146 cm³/mol. The van der Waals surface area contributed by atoms with Crippen LogP contribution in [0.1, 0.15) is 103 Å². The van der Waals surface area contributed by atoms with Crippen LogP contribution in [0, 0.1) is 52.3 Å². The molecule has 1 amide bonds. The predicted octanol–water partition coefficient (Wildman–Crippen LogP) is 6.58. The Morgan fingerprint density at radius 1 is 1.03 bits per heavy atom. The molecular weight excluding hydrogens is 466 g/mol. The molecule has 4 fully saturated rings. The van der Waals surface area contributed by atoms with Crippen LogP contribution in [0.3, 0.4) is 0 Å². The first-order valence-electron chi connectivity index (χ1n) is 14.7. The van der Waals surface area contributed by atoms with Gasteiger partial charge >= 0.3 is 0 Å². The molecule has 1 aromatic heterocycles. The highest BCUT2D eigenvalue weighted by Crippen LogP contribution is 2.68. The first kappa shape index (κ1) is 26.7. The van der Waals surface area contributed by atoms with Crippen molar-refractivity contribution in [3.8, 4) is 0 Å². The highest BCUT2D eigenvalue weighted by molar-refractivity contribution is 7.10. The molecule has 5 heteroatoms. The molecule has 6 unspecified atom stereocenters. The van der Waals surface area contributed by atoms with Crippen molar-refractivity contribution in [2.75, 3.05) is 0 Å². The summed E-state index contributed by atoms with van der Waals surface area (Å²) in [4.78, 5) is 14.5. The number of carbonyl (C=O) groups is 1. The SMILES string of the molecule is CC(C)C(NC(=O)C[C@@H](C)C1CC[C@H]2C3C[C@H](O)C4C[C@H](O)CCC4(C)[C@H]3CCC12C)c1cccs1. The number of hydrogen-bond donors (Lipinski definition) is 3. The Morgan fingerprint density at radius 2 is 1.75 bits per heavy atom. The van der Waals surface area contributed by atoms with Crippen LogP contribution in [-0.2, 0) is 4.79 Å². The van der Waals surface area contributed by atoms with Gasteiger partial charge in [-0.25, -0.2) is 0 Å². The zero-order valence-electron chi connectivity index (χ0n) is 23.1. The van der Waals surface area contributed by atoms with E-state index in [0.717, 1.165) is 25.7 Å². The average molecular weight is 516 g/mol. The molecule has 0 aliphatic heterocycles. The van der Waals surface area contributed by atoms with Crippen molar-refractivity contribution >= 4 is 17.2 Å². The van der Waals surface area contributed by atoms with Gasteiger partial charge in [-0.3, -0.25) is 4.79 Å². The maximum atomic E-state index is 13.2. The maximum absolute atomic E-state index is 13.2. The highest BCUT2D eigenvalue weighted by atomic mass is 32.1. The second-order valence-corrected chi connectivity index (χ2v) is 14.9. The lowest BCUT2D eigenvalue weighted by atomic mass is 9.44. The molecule has 4 aliphatic carbocycles. The molecule has 202 valence electrons. The Hall–Kier alpha value is -0.910. The Bertz CT molecular complexity index is 917. The van der Waals surface area contributed by atoms with Crippen molar-refractivity contribution in [3.63, 3.8) is 0 Å². The molecule has 0 bridgehead atoms. The first-order valence-corrected chi connectivity index (χ1v) is 15.6. The maximum Gasteiger partial charge on any atom is 0.220 e. The molecule has 0 saturated heterocycles. The summed E-state index contributed by atoms with van der Waals surface area (Å²) in [5.74, 6) is 3.68. The molecule has 4 aliphatic rings. The van der Waals surface area contributed by atoms with Crippen LogP contribution >= 0.6 is 11.3 Å². The lowest BCUT2D eigenvalue weighted by Gasteiger charge is -2.62. The molecule has 36 heavy (non-hydrogen) atoms. The van der Waals surface area contributed by atoms with E-state index in [2.05, 4.69) is 57.4 Å². The summed E-state index contributed by atoms with van der Waals surface area (Å²) < 4.78 is 0. The minimum Gasteiger partial charge on any atom is -0.393 e. The van der Waals surface area contributed by atoms with Gasteiger partial charge in [0.15, 0.2) is 0 Å². The summed E-state index contributed by atoms with van der Waals surface area (Å²) in [5, 5.41) is 27.1. The molecule has 0 radical (unpaired) electrons. The Kier molecular flexibility index (Phi) is 7.41. The number of rotatable bonds is 6. The van der Waals surface area contributed by atoms with E-state index in [9.17, 15) is 15.0 Å². The molecule has 1 aromatic rings. The van der Waals surface area contributed by atoms with Crippen molar-refractivity contribution in [3.05, 3.63) is 22.4 Å². The van der Waals surface area contributed by atoms with E-state index in [4.69, 9.17) is 0 Å². The molecule has 11 atom stereocenters. The average Bonchev–Trinajstić information content (AvgIpc) is 3.46. The smallest absolute Gasteiger partial charge is 0.220 e. The molecule has 1 heterocycles.